The maximum atomic E-state index is 13.2. The zero-order valence-corrected chi connectivity index (χ0v) is 14.3. The molecule has 0 saturated carbocycles. The Kier molecular flexibility index (Phi) is 4.28. The van der Waals surface area contributed by atoms with E-state index in [0.29, 0.717) is 19.7 Å². The van der Waals surface area contributed by atoms with Gasteiger partial charge in [0.25, 0.3) is 5.91 Å². The third-order valence-corrected chi connectivity index (χ3v) is 4.71. The molecule has 0 aliphatic carbocycles. The Morgan fingerprint density at radius 2 is 2.20 bits per heavy atom. The van der Waals surface area contributed by atoms with Crippen molar-refractivity contribution in [3.63, 3.8) is 0 Å². The lowest BCUT2D eigenvalue weighted by Crippen LogP contribution is -2.38. The second-order valence-corrected chi connectivity index (χ2v) is 6.50. The molecule has 1 aliphatic rings. The van der Waals surface area contributed by atoms with Crippen LogP contribution in [0.2, 0.25) is 0 Å². The van der Waals surface area contributed by atoms with E-state index in [1.165, 1.54) is 0 Å². The number of fused-ring (bicyclic) bond motifs is 1. The fraction of sp³-hybridized carbons (Fsp3) is 0.368. The Hall–Kier alpha value is -2.60. The molecule has 130 valence electrons. The predicted molar refractivity (Wildman–Crippen MR) is 95.4 cm³/mol. The van der Waals surface area contributed by atoms with Crippen LogP contribution in [-0.4, -0.2) is 51.0 Å². The molecule has 1 aromatic carbocycles. The van der Waals surface area contributed by atoms with Crippen LogP contribution in [0, 0.1) is 0 Å². The summed E-state index contributed by atoms with van der Waals surface area (Å²) in [6.07, 6.45) is 6.43. The van der Waals surface area contributed by atoms with Crippen LogP contribution in [0.1, 0.15) is 16.8 Å². The minimum Gasteiger partial charge on any atom is -0.374 e. The van der Waals surface area contributed by atoms with E-state index in [1.54, 1.807) is 6.20 Å². The summed E-state index contributed by atoms with van der Waals surface area (Å²) in [7, 11) is 1.98. The molecule has 25 heavy (non-hydrogen) atoms. The Labute approximate surface area is 146 Å². The second-order valence-electron chi connectivity index (χ2n) is 6.50. The van der Waals surface area contributed by atoms with Crippen LogP contribution in [-0.2, 0) is 18.3 Å². The fourth-order valence-corrected chi connectivity index (χ4v) is 3.49. The summed E-state index contributed by atoms with van der Waals surface area (Å²) in [6.45, 7) is 2.64. The summed E-state index contributed by atoms with van der Waals surface area (Å²) in [4.78, 5) is 15.1. The van der Waals surface area contributed by atoms with E-state index in [1.807, 2.05) is 63.9 Å². The van der Waals surface area contributed by atoms with Gasteiger partial charge in [-0.25, -0.2) is 0 Å². The van der Waals surface area contributed by atoms with Crippen molar-refractivity contribution < 1.29 is 9.53 Å². The van der Waals surface area contributed by atoms with E-state index in [4.69, 9.17) is 4.74 Å². The van der Waals surface area contributed by atoms with Gasteiger partial charge in [0, 0.05) is 56.2 Å². The Morgan fingerprint density at radius 3 is 3.04 bits per heavy atom. The van der Waals surface area contributed by atoms with Crippen LogP contribution in [0.4, 0.5) is 0 Å². The standard InChI is InChI=1S/C19H22N4O2/c1-21-14-17(16-6-2-3-7-18(16)21)19(24)22-9-5-11-25-15(12-22)13-23-10-4-8-20-23/h2-4,6-8,10,14-15H,5,9,11-13H2,1H3. The third kappa shape index (κ3) is 3.17. The molecule has 1 saturated heterocycles. The fourth-order valence-electron chi connectivity index (χ4n) is 3.49. The minimum absolute atomic E-state index is 0.0404. The SMILES string of the molecule is Cn1cc(C(=O)N2CCCOC(Cn3cccn3)C2)c2ccccc21. The van der Waals surface area contributed by atoms with Crippen molar-refractivity contribution in [2.24, 2.45) is 7.05 Å². The van der Waals surface area contributed by atoms with E-state index in [-0.39, 0.29) is 12.0 Å². The molecule has 6 heteroatoms. The van der Waals surface area contributed by atoms with Crippen molar-refractivity contribution in [1.82, 2.24) is 19.2 Å². The first-order chi connectivity index (χ1) is 12.2. The summed E-state index contributed by atoms with van der Waals surface area (Å²) in [5.74, 6) is 0.0766. The van der Waals surface area contributed by atoms with Crippen LogP contribution >= 0.6 is 0 Å². The predicted octanol–water partition coefficient (Wildman–Crippen LogP) is 2.31. The van der Waals surface area contributed by atoms with Crippen LogP contribution in [0.3, 0.4) is 0 Å². The van der Waals surface area contributed by atoms with Crippen LogP contribution in [0.15, 0.2) is 48.9 Å². The van der Waals surface area contributed by atoms with Crippen molar-refractivity contribution in [2.75, 3.05) is 19.7 Å². The number of para-hydroxylation sites is 1. The first-order valence-corrected chi connectivity index (χ1v) is 8.65. The van der Waals surface area contributed by atoms with Crippen LogP contribution in [0.5, 0.6) is 0 Å². The van der Waals surface area contributed by atoms with Gasteiger partial charge < -0.3 is 14.2 Å². The number of nitrogens with zero attached hydrogens (tertiary/aromatic N) is 4. The van der Waals surface area contributed by atoms with Crippen molar-refractivity contribution in [3.05, 3.63) is 54.5 Å². The second kappa shape index (κ2) is 6.72. The molecule has 2 aromatic heterocycles. The first-order valence-electron chi connectivity index (χ1n) is 8.65. The van der Waals surface area contributed by atoms with Crippen LogP contribution < -0.4 is 0 Å². The zero-order chi connectivity index (χ0) is 17.2. The molecule has 1 amide bonds. The van der Waals surface area contributed by atoms with E-state index >= 15 is 0 Å². The lowest BCUT2D eigenvalue weighted by Gasteiger charge is -2.24. The van der Waals surface area contributed by atoms with Crippen molar-refractivity contribution in [3.8, 4) is 0 Å². The molecule has 0 N–H and O–H groups in total. The number of carbonyl (C=O) groups excluding carboxylic acids is 1. The summed E-state index contributed by atoms with van der Waals surface area (Å²) < 4.78 is 9.80. The van der Waals surface area contributed by atoms with E-state index in [2.05, 4.69) is 5.10 Å². The maximum absolute atomic E-state index is 13.2. The largest absolute Gasteiger partial charge is 0.374 e. The summed E-state index contributed by atoms with van der Waals surface area (Å²) in [6, 6.07) is 9.92. The topological polar surface area (TPSA) is 52.3 Å². The zero-order valence-electron chi connectivity index (χ0n) is 14.3. The van der Waals surface area contributed by atoms with Gasteiger partial charge in [-0.05, 0) is 18.6 Å². The molecule has 1 fully saturated rings. The maximum Gasteiger partial charge on any atom is 0.256 e. The number of ether oxygens (including phenoxy) is 1. The molecule has 0 radical (unpaired) electrons. The van der Waals surface area contributed by atoms with E-state index in [0.717, 1.165) is 29.4 Å². The number of carbonyl (C=O) groups is 1. The number of benzene rings is 1. The average molecular weight is 338 g/mol. The minimum atomic E-state index is -0.0404. The van der Waals surface area contributed by atoms with Gasteiger partial charge >= 0.3 is 0 Å². The Balaban J connectivity index is 1.57. The van der Waals surface area contributed by atoms with Gasteiger partial charge in [-0.2, -0.15) is 5.10 Å². The van der Waals surface area contributed by atoms with Crippen molar-refractivity contribution >= 4 is 16.8 Å². The average Bonchev–Trinajstić information content (AvgIpc) is 3.17. The highest BCUT2D eigenvalue weighted by atomic mass is 16.5. The monoisotopic (exact) mass is 338 g/mol. The van der Waals surface area contributed by atoms with E-state index in [9.17, 15) is 4.79 Å². The van der Waals surface area contributed by atoms with Crippen LogP contribution in [0.25, 0.3) is 10.9 Å². The number of hydrogen-bond donors (Lipinski definition) is 0. The molecule has 3 heterocycles. The van der Waals surface area contributed by atoms with Gasteiger partial charge in [0.15, 0.2) is 0 Å². The highest BCUT2D eigenvalue weighted by Gasteiger charge is 2.25. The number of rotatable bonds is 3. The number of amides is 1. The number of aromatic nitrogens is 3. The quantitative estimate of drug-likeness (QED) is 0.736. The van der Waals surface area contributed by atoms with Gasteiger partial charge in [0.2, 0.25) is 0 Å². The van der Waals surface area contributed by atoms with E-state index < -0.39 is 0 Å². The summed E-state index contributed by atoms with van der Waals surface area (Å²) >= 11 is 0. The molecule has 1 aliphatic heterocycles. The Morgan fingerprint density at radius 1 is 1.32 bits per heavy atom. The normalized spacial score (nSPS) is 18.4. The smallest absolute Gasteiger partial charge is 0.256 e. The molecule has 6 nitrogen and oxygen atoms in total. The molecular weight excluding hydrogens is 316 g/mol. The Bertz CT molecular complexity index is 869. The lowest BCUT2D eigenvalue weighted by molar-refractivity contribution is 0.0368. The highest BCUT2D eigenvalue weighted by Crippen LogP contribution is 2.22. The van der Waals surface area contributed by atoms with Crippen molar-refractivity contribution in [2.45, 2.75) is 19.1 Å². The molecule has 1 atom stereocenters. The molecule has 0 spiro atoms. The first kappa shape index (κ1) is 15.9. The van der Waals surface area contributed by atoms with Gasteiger partial charge in [0.1, 0.15) is 0 Å². The summed E-state index contributed by atoms with van der Waals surface area (Å²) in [5, 5.41) is 5.25. The van der Waals surface area contributed by atoms with Gasteiger partial charge in [-0.1, -0.05) is 18.2 Å². The molecule has 4 rings (SSSR count). The van der Waals surface area contributed by atoms with Gasteiger partial charge in [-0.3, -0.25) is 9.48 Å². The molecule has 1 unspecified atom stereocenters. The molecule has 0 bridgehead atoms. The highest BCUT2D eigenvalue weighted by molar-refractivity contribution is 6.07. The number of hydrogen-bond acceptors (Lipinski definition) is 3. The lowest BCUT2D eigenvalue weighted by atomic mass is 10.1. The van der Waals surface area contributed by atoms with Crippen molar-refractivity contribution in [1.29, 1.82) is 0 Å². The third-order valence-electron chi connectivity index (χ3n) is 4.71. The van der Waals surface area contributed by atoms with Gasteiger partial charge in [0.05, 0.1) is 18.2 Å². The summed E-state index contributed by atoms with van der Waals surface area (Å²) in [5.41, 5.74) is 1.84. The molecular formula is C19H22N4O2. The molecule has 3 aromatic rings. The van der Waals surface area contributed by atoms with Gasteiger partial charge in [-0.15, -0.1) is 0 Å². The number of aryl methyl sites for hydroxylation is 1.